The Bertz CT molecular complexity index is 960. The maximum Gasteiger partial charge on any atom is 0.274 e. The highest BCUT2D eigenvalue weighted by atomic mass is 32.1. The summed E-state index contributed by atoms with van der Waals surface area (Å²) in [6.45, 7) is 1.79. The van der Waals surface area contributed by atoms with Crippen molar-refractivity contribution in [3.05, 3.63) is 42.9 Å². The molecule has 0 spiro atoms. The van der Waals surface area contributed by atoms with Crippen LogP contribution in [0.1, 0.15) is 29.0 Å². The second-order valence-electron chi connectivity index (χ2n) is 5.39. The molecule has 3 aromatic rings. The number of aryl methyl sites for hydroxylation is 3. The number of aromatic nitrogens is 4. The van der Waals surface area contributed by atoms with Gasteiger partial charge in [0.05, 0.1) is 5.39 Å². The van der Waals surface area contributed by atoms with E-state index in [2.05, 4.69) is 15.1 Å². The first-order valence-electron chi connectivity index (χ1n) is 6.97. The summed E-state index contributed by atoms with van der Waals surface area (Å²) < 4.78 is 1.27. The fraction of sp³-hybridized carbons (Fsp3) is 0.357. The second-order valence-corrected chi connectivity index (χ2v) is 6.48. The van der Waals surface area contributed by atoms with Gasteiger partial charge in [-0.05, 0) is 38.2 Å². The zero-order chi connectivity index (χ0) is 14.6. The molecule has 0 atom stereocenters. The highest BCUT2D eigenvalue weighted by molar-refractivity contribution is 7.18. The standard InChI is InChI=1S/C14H14N4O2S/c1-7-6-10(19)18(17-7)14-15-12(20)11-8-4-2-3-5-9(8)21-13(11)16-14/h6,17H,2-5H2,1H3,(H,15,16,20). The summed E-state index contributed by atoms with van der Waals surface area (Å²) in [6, 6.07) is 1.48. The number of aromatic amines is 2. The highest BCUT2D eigenvalue weighted by Gasteiger charge is 2.20. The molecule has 0 bridgehead atoms. The van der Waals surface area contributed by atoms with Crippen LogP contribution in [0.5, 0.6) is 0 Å². The summed E-state index contributed by atoms with van der Waals surface area (Å²) in [5.41, 5.74) is 1.50. The molecule has 0 aromatic carbocycles. The van der Waals surface area contributed by atoms with Crippen molar-refractivity contribution < 1.29 is 0 Å². The van der Waals surface area contributed by atoms with Crippen molar-refractivity contribution in [1.82, 2.24) is 19.7 Å². The molecule has 0 radical (unpaired) electrons. The Morgan fingerprint density at radius 3 is 2.86 bits per heavy atom. The largest absolute Gasteiger partial charge is 0.293 e. The van der Waals surface area contributed by atoms with Gasteiger partial charge >= 0.3 is 0 Å². The summed E-state index contributed by atoms with van der Waals surface area (Å²) in [5, 5.41) is 3.59. The Labute approximate surface area is 123 Å². The van der Waals surface area contributed by atoms with E-state index in [0.717, 1.165) is 35.4 Å². The van der Waals surface area contributed by atoms with E-state index in [4.69, 9.17) is 0 Å². The van der Waals surface area contributed by atoms with E-state index in [0.29, 0.717) is 5.39 Å². The maximum atomic E-state index is 12.4. The molecule has 0 unspecified atom stereocenters. The van der Waals surface area contributed by atoms with Gasteiger partial charge in [0.2, 0.25) is 5.95 Å². The van der Waals surface area contributed by atoms with E-state index in [-0.39, 0.29) is 17.1 Å². The average Bonchev–Trinajstić information content (AvgIpc) is 2.98. The topological polar surface area (TPSA) is 83.5 Å². The third kappa shape index (κ3) is 1.88. The van der Waals surface area contributed by atoms with Gasteiger partial charge in [-0.15, -0.1) is 11.3 Å². The van der Waals surface area contributed by atoms with E-state index in [9.17, 15) is 9.59 Å². The van der Waals surface area contributed by atoms with Gasteiger partial charge in [-0.3, -0.25) is 19.7 Å². The van der Waals surface area contributed by atoms with Crippen LogP contribution in [0.3, 0.4) is 0 Å². The normalized spacial score (nSPS) is 14.5. The Morgan fingerprint density at radius 1 is 1.29 bits per heavy atom. The number of nitrogens with zero attached hydrogens (tertiary/aromatic N) is 2. The lowest BCUT2D eigenvalue weighted by Gasteiger charge is -2.09. The lowest BCUT2D eigenvalue weighted by Crippen LogP contribution is -2.21. The molecule has 0 saturated carbocycles. The Balaban J connectivity index is 2.00. The van der Waals surface area contributed by atoms with Crippen LogP contribution in [0, 0.1) is 6.92 Å². The van der Waals surface area contributed by atoms with Gasteiger partial charge in [-0.2, -0.15) is 4.68 Å². The molecule has 0 aliphatic heterocycles. The van der Waals surface area contributed by atoms with Gasteiger partial charge < -0.3 is 0 Å². The van der Waals surface area contributed by atoms with Crippen LogP contribution in [0.25, 0.3) is 16.2 Å². The average molecular weight is 302 g/mol. The minimum absolute atomic E-state index is 0.159. The Morgan fingerprint density at radius 2 is 2.10 bits per heavy atom. The van der Waals surface area contributed by atoms with Crippen molar-refractivity contribution in [1.29, 1.82) is 0 Å². The third-order valence-electron chi connectivity index (χ3n) is 3.87. The third-order valence-corrected chi connectivity index (χ3v) is 5.06. The Hall–Kier alpha value is -2.15. The molecule has 0 fully saturated rings. The number of rotatable bonds is 1. The molecule has 21 heavy (non-hydrogen) atoms. The number of H-pyrrole nitrogens is 2. The van der Waals surface area contributed by atoms with Crippen molar-refractivity contribution in [2.45, 2.75) is 32.6 Å². The molecule has 4 rings (SSSR count). The van der Waals surface area contributed by atoms with E-state index in [1.807, 2.05) is 0 Å². The van der Waals surface area contributed by atoms with Crippen molar-refractivity contribution in [2.75, 3.05) is 0 Å². The molecule has 7 heteroatoms. The monoisotopic (exact) mass is 302 g/mol. The molecule has 2 N–H and O–H groups in total. The number of nitrogens with one attached hydrogen (secondary N) is 2. The van der Waals surface area contributed by atoms with E-state index in [1.165, 1.54) is 22.0 Å². The molecule has 0 amide bonds. The molecule has 6 nitrogen and oxygen atoms in total. The van der Waals surface area contributed by atoms with Crippen molar-refractivity contribution in [3.8, 4) is 5.95 Å². The molecule has 1 aliphatic rings. The van der Waals surface area contributed by atoms with Crippen LogP contribution in [0.2, 0.25) is 0 Å². The van der Waals surface area contributed by atoms with Crippen LogP contribution in [-0.4, -0.2) is 19.7 Å². The molecule has 1 aliphatic carbocycles. The summed E-state index contributed by atoms with van der Waals surface area (Å²) in [6.07, 6.45) is 4.25. The zero-order valence-electron chi connectivity index (χ0n) is 11.5. The maximum absolute atomic E-state index is 12.4. The van der Waals surface area contributed by atoms with Gasteiger partial charge in [0.25, 0.3) is 11.1 Å². The summed E-state index contributed by atoms with van der Waals surface area (Å²) >= 11 is 1.58. The first-order chi connectivity index (χ1) is 10.1. The lowest BCUT2D eigenvalue weighted by molar-refractivity contribution is 0.699. The molecule has 108 valence electrons. The van der Waals surface area contributed by atoms with E-state index >= 15 is 0 Å². The number of hydrogen-bond acceptors (Lipinski definition) is 4. The van der Waals surface area contributed by atoms with Gasteiger partial charge in [0, 0.05) is 16.6 Å². The summed E-state index contributed by atoms with van der Waals surface area (Å²) in [4.78, 5) is 33.5. The van der Waals surface area contributed by atoms with Crippen molar-refractivity contribution in [3.63, 3.8) is 0 Å². The van der Waals surface area contributed by atoms with Crippen LogP contribution < -0.4 is 11.1 Å². The minimum atomic E-state index is -0.226. The zero-order valence-corrected chi connectivity index (χ0v) is 12.3. The van der Waals surface area contributed by atoms with Crippen LogP contribution >= 0.6 is 11.3 Å². The van der Waals surface area contributed by atoms with Crippen molar-refractivity contribution in [2.24, 2.45) is 0 Å². The fourth-order valence-electron chi connectivity index (χ4n) is 2.93. The highest BCUT2D eigenvalue weighted by Crippen LogP contribution is 2.33. The molecule has 3 heterocycles. The molecule has 0 saturated heterocycles. The molecular weight excluding hydrogens is 288 g/mol. The quantitative estimate of drug-likeness (QED) is 0.717. The van der Waals surface area contributed by atoms with Crippen LogP contribution in [0.15, 0.2) is 15.7 Å². The Kier molecular flexibility index (Phi) is 2.65. The van der Waals surface area contributed by atoms with Crippen LogP contribution in [0.4, 0.5) is 0 Å². The second kappa shape index (κ2) is 4.42. The number of fused-ring (bicyclic) bond motifs is 3. The summed E-state index contributed by atoms with van der Waals surface area (Å²) in [7, 11) is 0. The SMILES string of the molecule is Cc1cc(=O)n(-c2nc3sc4c(c3c(=O)[nH]2)CCCC4)[nH]1. The van der Waals surface area contributed by atoms with E-state index < -0.39 is 0 Å². The van der Waals surface area contributed by atoms with Crippen LogP contribution in [-0.2, 0) is 12.8 Å². The van der Waals surface area contributed by atoms with Gasteiger partial charge in [0.15, 0.2) is 0 Å². The van der Waals surface area contributed by atoms with Gasteiger partial charge in [-0.25, -0.2) is 4.98 Å². The summed E-state index contributed by atoms with van der Waals surface area (Å²) in [5.74, 6) is 0.254. The van der Waals surface area contributed by atoms with Gasteiger partial charge in [0.1, 0.15) is 4.83 Å². The molecular formula is C14H14N4O2S. The minimum Gasteiger partial charge on any atom is -0.293 e. The van der Waals surface area contributed by atoms with E-state index in [1.54, 1.807) is 18.3 Å². The van der Waals surface area contributed by atoms with Crippen molar-refractivity contribution >= 4 is 21.6 Å². The number of hydrogen-bond donors (Lipinski definition) is 2. The van der Waals surface area contributed by atoms with Gasteiger partial charge in [-0.1, -0.05) is 0 Å². The smallest absolute Gasteiger partial charge is 0.274 e. The predicted molar refractivity (Wildman–Crippen MR) is 81.6 cm³/mol. The lowest BCUT2D eigenvalue weighted by atomic mass is 9.97. The predicted octanol–water partition coefficient (Wildman–Crippen LogP) is 1.65. The number of thiophene rings is 1. The first kappa shape index (κ1) is 12.6. The fourth-order valence-corrected chi connectivity index (χ4v) is 4.19. The molecule has 3 aromatic heterocycles. The first-order valence-corrected chi connectivity index (χ1v) is 7.79.